The summed E-state index contributed by atoms with van der Waals surface area (Å²) in [5.41, 5.74) is 2.10. The maximum Gasteiger partial charge on any atom is 0.266 e. The Morgan fingerprint density at radius 1 is 0.963 bits per heavy atom. The summed E-state index contributed by atoms with van der Waals surface area (Å²) in [7, 11) is 0. The quantitative estimate of drug-likeness (QED) is 0.766. The predicted octanol–water partition coefficient (Wildman–Crippen LogP) is 1.36. The number of hydrogen-bond acceptors (Lipinski definition) is 5. The highest BCUT2D eigenvalue weighted by Gasteiger charge is 2.19. The highest BCUT2D eigenvalue weighted by Crippen LogP contribution is 2.18. The van der Waals surface area contributed by atoms with E-state index in [1.165, 1.54) is 5.56 Å². The smallest absolute Gasteiger partial charge is 0.266 e. The second-order valence-corrected chi connectivity index (χ2v) is 8.49. The Balaban J connectivity index is 1.45. The van der Waals surface area contributed by atoms with E-state index in [1.54, 1.807) is 10.7 Å². The Labute approximate surface area is 161 Å². The average Bonchev–Trinajstić information content (AvgIpc) is 3.04. The molecule has 3 heterocycles. The van der Waals surface area contributed by atoms with Gasteiger partial charge in [-0.25, -0.2) is 4.68 Å². The average molecular weight is 373 g/mol. The molecule has 7 heteroatoms. The standard InChI is InChI=1S/C20H32N6O/c1-17-15-21-25(16-17)13-11-23-7-9-24(10-8-23)12-14-26-19(27)6-5-18(22-26)20(2,3)4/h5-6,15-16H,7-14H2,1-4H3. The number of aromatic nitrogens is 4. The van der Waals surface area contributed by atoms with Crippen molar-refractivity contribution < 1.29 is 0 Å². The summed E-state index contributed by atoms with van der Waals surface area (Å²) in [6, 6.07) is 3.49. The van der Waals surface area contributed by atoms with Crippen LogP contribution < -0.4 is 5.56 Å². The van der Waals surface area contributed by atoms with Crippen LogP contribution in [0.5, 0.6) is 0 Å². The van der Waals surface area contributed by atoms with E-state index >= 15 is 0 Å². The molecule has 3 rings (SSSR count). The molecular weight excluding hydrogens is 340 g/mol. The third-order valence-electron chi connectivity index (χ3n) is 5.14. The van der Waals surface area contributed by atoms with E-state index in [0.717, 1.165) is 51.5 Å². The molecule has 0 amide bonds. The molecule has 0 aromatic carbocycles. The SMILES string of the molecule is Cc1cnn(CCN2CCN(CCn3nc(C(C)(C)C)ccc3=O)CC2)c1. The first kappa shape index (κ1) is 19.8. The first-order valence-electron chi connectivity index (χ1n) is 9.84. The summed E-state index contributed by atoms with van der Waals surface area (Å²) in [6.07, 6.45) is 4.00. The van der Waals surface area contributed by atoms with Gasteiger partial charge in [0.15, 0.2) is 0 Å². The molecule has 148 valence electrons. The Hall–Kier alpha value is -1.99. The molecule has 1 aliphatic rings. The maximum absolute atomic E-state index is 12.1. The van der Waals surface area contributed by atoms with Crippen molar-refractivity contribution in [3.8, 4) is 0 Å². The van der Waals surface area contributed by atoms with E-state index in [4.69, 9.17) is 0 Å². The number of rotatable bonds is 6. The van der Waals surface area contributed by atoms with Crippen LogP contribution in [0.15, 0.2) is 29.3 Å². The first-order valence-corrected chi connectivity index (χ1v) is 9.84. The van der Waals surface area contributed by atoms with E-state index in [-0.39, 0.29) is 11.0 Å². The van der Waals surface area contributed by atoms with Gasteiger partial charge in [-0.15, -0.1) is 0 Å². The number of nitrogens with zero attached hydrogens (tertiary/aromatic N) is 6. The Morgan fingerprint density at radius 2 is 1.59 bits per heavy atom. The van der Waals surface area contributed by atoms with Crippen molar-refractivity contribution in [2.75, 3.05) is 39.3 Å². The molecule has 0 saturated carbocycles. The summed E-state index contributed by atoms with van der Waals surface area (Å²) >= 11 is 0. The monoisotopic (exact) mass is 372 g/mol. The summed E-state index contributed by atoms with van der Waals surface area (Å²) in [5, 5.41) is 8.92. The molecule has 1 saturated heterocycles. The zero-order valence-electron chi connectivity index (χ0n) is 17.1. The minimum Gasteiger partial charge on any atom is -0.299 e. The van der Waals surface area contributed by atoms with E-state index in [1.807, 2.05) is 16.9 Å². The molecule has 0 unspecified atom stereocenters. The van der Waals surface area contributed by atoms with Crippen molar-refractivity contribution in [3.05, 3.63) is 46.1 Å². The summed E-state index contributed by atoms with van der Waals surface area (Å²) in [5.74, 6) is 0. The lowest BCUT2D eigenvalue weighted by atomic mass is 9.92. The molecule has 2 aromatic heterocycles. The zero-order valence-corrected chi connectivity index (χ0v) is 17.1. The van der Waals surface area contributed by atoms with Crippen LogP contribution >= 0.6 is 0 Å². The third kappa shape index (κ3) is 5.49. The lowest BCUT2D eigenvalue weighted by Gasteiger charge is -2.34. The van der Waals surface area contributed by atoms with Crippen molar-refractivity contribution in [2.45, 2.75) is 46.2 Å². The third-order valence-corrected chi connectivity index (χ3v) is 5.14. The molecule has 0 bridgehead atoms. The predicted molar refractivity (Wildman–Crippen MR) is 107 cm³/mol. The molecule has 0 aliphatic carbocycles. The van der Waals surface area contributed by atoms with Gasteiger partial charge in [-0.3, -0.25) is 19.3 Å². The van der Waals surface area contributed by atoms with Gasteiger partial charge in [-0.2, -0.15) is 10.2 Å². The van der Waals surface area contributed by atoms with Crippen molar-refractivity contribution in [3.63, 3.8) is 0 Å². The van der Waals surface area contributed by atoms with Crippen LogP contribution in [0, 0.1) is 6.92 Å². The number of aryl methyl sites for hydroxylation is 1. The van der Waals surface area contributed by atoms with Crippen LogP contribution in [-0.2, 0) is 18.5 Å². The summed E-state index contributed by atoms with van der Waals surface area (Å²) in [6.45, 7) is 16.1. The fraction of sp³-hybridized carbons (Fsp3) is 0.650. The maximum atomic E-state index is 12.1. The van der Waals surface area contributed by atoms with Gasteiger partial charge in [0.05, 0.1) is 25.0 Å². The minimum absolute atomic E-state index is 0.0175. The van der Waals surface area contributed by atoms with Crippen LogP contribution in [-0.4, -0.2) is 68.6 Å². The highest BCUT2D eigenvalue weighted by atomic mass is 16.1. The van der Waals surface area contributed by atoms with Crippen molar-refractivity contribution in [1.29, 1.82) is 0 Å². The van der Waals surface area contributed by atoms with E-state index in [0.29, 0.717) is 6.54 Å². The van der Waals surface area contributed by atoms with Gasteiger partial charge in [-0.05, 0) is 18.6 Å². The molecule has 1 fully saturated rings. The number of piperazine rings is 1. The van der Waals surface area contributed by atoms with Gasteiger partial charge in [0.1, 0.15) is 0 Å². The lowest BCUT2D eigenvalue weighted by molar-refractivity contribution is 0.123. The second kappa shape index (κ2) is 8.35. The molecule has 7 nitrogen and oxygen atoms in total. The van der Waals surface area contributed by atoms with Gasteiger partial charge < -0.3 is 0 Å². The number of hydrogen-bond donors (Lipinski definition) is 0. The van der Waals surface area contributed by atoms with Crippen molar-refractivity contribution in [2.24, 2.45) is 0 Å². The minimum atomic E-state index is -0.0474. The molecule has 1 aliphatic heterocycles. The molecule has 27 heavy (non-hydrogen) atoms. The molecule has 2 aromatic rings. The van der Waals surface area contributed by atoms with E-state index < -0.39 is 0 Å². The molecular formula is C20H32N6O. The van der Waals surface area contributed by atoms with Gasteiger partial charge >= 0.3 is 0 Å². The van der Waals surface area contributed by atoms with Gasteiger partial charge in [0.25, 0.3) is 5.56 Å². The summed E-state index contributed by atoms with van der Waals surface area (Å²) in [4.78, 5) is 17.0. The highest BCUT2D eigenvalue weighted by molar-refractivity contribution is 5.10. The Kier molecular flexibility index (Phi) is 6.11. The topological polar surface area (TPSA) is 59.2 Å². The van der Waals surface area contributed by atoms with Crippen molar-refractivity contribution in [1.82, 2.24) is 29.4 Å². The fourth-order valence-corrected chi connectivity index (χ4v) is 3.31. The van der Waals surface area contributed by atoms with Crippen LogP contribution in [0.2, 0.25) is 0 Å². The Morgan fingerprint density at radius 3 is 2.15 bits per heavy atom. The molecule has 0 N–H and O–H groups in total. The second-order valence-electron chi connectivity index (χ2n) is 8.49. The van der Waals surface area contributed by atoms with E-state index in [2.05, 4.69) is 53.9 Å². The van der Waals surface area contributed by atoms with Gasteiger partial charge in [0.2, 0.25) is 0 Å². The van der Waals surface area contributed by atoms with Crippen LogP contribution in [0.25, 0.3) is 0 Å². The largest absolute Gasteiger partial charge is 0.299 e. The van der Waals surface area contributed by atoms with E-state index in [9.17, 15) is 4.79 Å². The molecule has 0 radical (unpaired) electrons. The summed E-state index contributed by atoms with van der Waals surface area (Å²) < 4.78 is 3.63. The first-order chi connectivity index (χ1) is 12.8. The Bertz CT molecular complexity index is 795. The van der Waals surface area contributed by atoms with Gasteiger partial charge in [-0.1, -0.05) is 20.8 Å². The lowest BCUT2D eigenvalue weighted by Crippen LogP contribution is -2.48. The van der Waals surface area contributed by atoms with Crippen LogP contribution in [0.4, 0.5) is 0 Å². The van der Waals surface area contributed by atoms with Gasteiger partial charge in [0, 0.05) is 56.9 Å². The molecule has 0 spiro atoms. The fourth-order valence-electron chi connectivity index (χ4n) is 3.31. The normalized spacial score (nSPS) is 16.7. The van der Waals surface area contributed by atoms with Crippen LogP contribution in [0.1, 0.15) is 32.0 Å². The van der Waals surface area contributed by atoms with Crippen LogP contribution in [0.3, 0.4) is 0 Å². The van der Waals surface area contributed by atoms with Crippen molar-refractivity contribution >= 4 is 0 Å². The molecule has 0 atom stereocenters. The zero-order chi connectivity index (χ0) is 19.4.